The number of halogens is 1. The summed E-state index contributed by atoms with van der Waals surface area (Å²) >= 11 is 0. The Hall–Kier alpha value is -3.95. The maximum atomic E-state index is 12.9. The van der Waals surface area contributed by atoms with Gasteiger partial charge in [0, 0.05) is 18.8 Å². The second-order valence-corrected chi connectivity index (χ2v) is 7.18. The number of hydrazone groups is 1. The van der Waals surface area contributed by atoms with Gasteiger partial charge in [-0.25, -0.2) is 9.82 Å². The minimum atomic E-state index is -0.985. The van der Waals surface area contributed by atoms with Crippen LogP contribution in [0, 0.1) is 5.82 Å². The van der Waals surface area contributed by atoms with E-state index in [1.165, 1.54) is 18.3 Å². The fourth-order valence-corrected chi connectivity index (χ4v) is 3.13. The minimum Gasteiger partial charge on any atom is -0.490 e. The monoisotopic (exact) mass is 456 g/mol. The Bertz CT molecular complexity index is 1020. The van der Waals surface area contributed by atoms with Crippen LogP contribution in [0.4, 0.5) is 10.1 Å². The zero-order chi connectivity index (χ0) is 23.6. The van der Waals surface area contributed by atoms with E-state index in [0.29, 0.717) is 23.7 Å². The Morgan fingerprint density at radius 3 is 2.45 bits per heavy atom. The molecule has 0 radical (unpaired) electrons. The highest BCUT2D eigenvalue weighted by molar-refractivity contribution is 6.39. The number of rotatable bonds is 8. The van der Waals surface area contributed by atoms with Crippen LogP contribution in [0.1, 0.15) is 25.3 Å². The van der Waals surface area contributed by atoms with E-state index in [0.717, 1.165) is 38.1 Å². The largest absolute Gasteiger partial charge is 0.490 e. The fourth-order valence-electron chi connectivity index (χ4n) is 3.13. The highest BCUT2D eigenvalue weighted by atomic mass is 19.1. The molecule has 33 heavy (non-hydrogen) atoms. The van der Waals surface area contributed by atoms with Gasteiger partial charge in [-0.1, -0.05) is 0 Å². The molecule has 1 fully saturated rings. The predicted molar refractivity (Wildman–Crippen MR) is 120 cm³/mol. The van der Waals surface area contributed by atoms with E-state index in [-0.39, 0.29) is 18.2 Å². The number of hydrogen-bond donors (Lipinski definition) is 2. The summed E-state index contributed by atoms with van der Waals surface area (Å²) in [4.78, 5) is 37.8. The van der Waals surface area contributed by atoms with Gasteiger partial charge in [0.2, 0.25) is 0 Å². The van der Waals surface area contributed by atoms with E-state index in [1.807, 2.05) is 6.92 Å². The molecule has 1 saturated heterocycles. The summed E-state index contributed by atoms with van der Waals surface area (Å²) < 4.78 is 24.1. The molecule has 0 aromatic heterocycles. The molecular formula is C23H25FN4O5. The van der Waals surface area contributed by atoms with E-state index < -0.39 is 17.6 Å². The Balaban J connectivity index is 1.55. The molecule has 2 aromatic rings. The first-order valence-electron chi connectivity index (χ1n) is 10.5. The maximum absolute atomic E-state index is 12.9. The van der Waals surface area contributed by atoms with Gasteiger partial charge in [0.1, 0.15) is 5.82 Å². The zero-order valence-corrected chi connectivity index (χ0v) is 18.2. The molecule has 2 N–H and O–H groups in total. The highest BCUT2D eigenvalue weighted by Gasteiger charge is 2.19. The average molecular weight is 456 g/mol. The Morgan fingerprint density at radius 1 is 1.03 bits per heavy atom. The summed E-state index contributed by atoms with van der Waals surface area (Å²) in [6, 6.07) is 9.96. The number of carbonyl (C=O) groups is 3. The van der Waals surface area contributed by atoms with Crippen molar-refractivity contribution in [2.24, 2.45) is 5.10 Å². The number of benzene rings is 2. The average Bonchev–Trinajstić information content (AvgIpc) is 3.35. The van der Waals surface area contributed by atoms with Crippen LogP contribution in [0.3, 0.4) is 0 Å². The van der Waals surface area contributed by atoms with Crippen molar-refractivity contribution in [1.82, 2.24) is 10.3 Å². The quantitative estimate of drug-likeness (QED) is 0.360. The van der Waals surface area contributed by atoms with Crippen LogP contribution >= 0.6 is 0 Å². The van der Waals surface area contributed by atoms with Crippen LogP contribution in [0.5, 0.6) is 11.5 Å². The van der Waals surface area contributed by atoms with Gasteiger partial charge in [0.15, 0.2) is 18.1 Å². The van der Waals surface area contributed by atoms with Gasteiger partial charge >= 0.3 is 11.8 Å². The number of carbonyl (C=O) groups excluding carboxylic acids is 3. The second-order valence-electron chi connectivity index (χ2n) is 7.18. The number of amides is 3. The van der Waals surface area contributed by atoms with Crippen LogP contribution in [0.25, 0.3) is 0 Å². The van der Waals surface area contributed by atoms with Gasteiger partial charge in [0.05, 0.1) is 12.8 Å². The molecular weight excluding hydrogens is 431 g/mol. The molecule has 0 saturated carbocycles. The number of anilines is 1. The molecule has 3 rings (SSSR count). The van der Waals surface area contributed by atoms with Crippen molar-refractivity contribution in [2.45, 2.75) is 19.8 Å². The summed E-state index contributed by atoms with van der Waals surface area (Å²) in [5.41, 5.74) is 2.98. The van der Waals surface area contributed by atoms with Gasteiger partial charge in [-0.2, -0.15) is 5.10 Å². The number of ether oxygens (including phenoxy) is 2. The first-order valence-corrected chi connectivity index (χ1v) is 10.5. The third-order valence-electron chi connectivity index (χ3n) is 4.77. The van der Waals surface area contributed by atoms with Gasteiger partial charge in [-0.3, -0.25) is 14.4 Å². The van der Waals surface area contributed by atoms with Gasteiger partial charge in [-0.15, -0.1) is 0 Å². The molecule has 2 aromatic carbocycles. The normalized spacial score (nSPS) is 13.1. The first kappa shape index (κ1) is 23.7. The summed E-state index contributed by atoms with van der Waals surface area (Å²) in [7, 11) is 0. The molecule has 3 amide bonds. The highest BCUT2D eigenvalue weighted by Crippen LogP contribution is 2.28. The molecule has 9 nitrogen and oxygen atoms in total. The van der Waals surface area contributed by atoms with Gasteiger partial charge in [0.25, 0.3) is 5.91 Å². The van der Waals surface area contributed by atoms with Crippen LogP contribution in [0.15, 0.2) is 47.6 Å². The van der Waals surface area contributed by atoms with Crippen molar-refractivity contribution in [3.05, 3.63) is 53.8 Å². The van der Waals surface area contributed by atoms with Crippen LogP contribution in [0.2, 0.25) is 0 Å². The Labute approximate surface area is 190 Å². The third-order valence-corrected chi connectivity index (χ3v) is 4.77. The second kappa shape index (κ2) is 11.6. The summed E-state index contributed by atoms with van der Waals surface area (Å²) in [5.74, 6) is -1.60. The molecule has 0 spiro atoms. The lowest BCUT2D eigenvalue weighted by atomic mass is 10.2. The van der Waals surface area contributed by atoms with Crippen molar-refractivity contribution in [2.75, 3.05) is 31.6 Å². The van der Waals surface area contributed by atoms with Crippen molar-refractivity contribution in [3.63, 3.8) is 0 Å². The maximum Gasteiger partial charge on any atom is 0.329 e. The number of likely N-dealkylation sites (tertiary alicyclic amines) is 1. The van der Waals surface area contributed by atoms with Gasteiger partial charge in [-0.05, 0) is 67.8 Å². The predicted octanol–water partition coefficient (Wildman–Crippen LogP) is 2.31. The van der Waals surface area contributed by atoms with E-state index in [2.05, 4.69) is 15.8 Å². The molecule has 10 heteroatoms. The fraction of sp³-hybridized carbons (Fsp3) is 0.304. The van der Waals surface area contributed by atoms with Crippen molar-refractivity contribution in [1.29, 1.82) is 0 Å². The zero-order valence-electron chi connectivity index (χ0n) is 18.2. The minimum absolute atomic E-state index is 0.0674. The molecule has 0 atom stereocenters. The van der Waals surface area contributed by atoms with E-state index >= 15 is 0 Å². The number of nitrogens with one attached hydrogen (secondary N) is 2. The standard InChI is InChI=1S/C23H25FN4O5/c1-2-32-20-13-16(5-10-19(20)33-15-21(29)28-11-3-4-12-28)14-25-27-23(31)22(30)26-18-8-6-17(24)7-9-18/h5-10,13-14H,2-4,11-12,15H2,1H3,(H,26,30)(H,27,31)/b25-14-. The van der Waals surface area contributed by atoms with Crippen molar-refractivity contribution in [3.8, 4) is 11.5 Å². The summed E-state index contributed by atoms with van der Waals surface area (Å²) in [5, 5.41) is 6.11. The molecule has 174 valence electrons. The Morgan fingerprint density at radius 2 is 1.76 bits per heavy atom. The molecule has 1 aliphatic heterocycles. The Kier molecular flexibility index (Phi) is 8.34. The summed E-state index contributed by atoms with van der Waals surface area (Å²) in [6.07, 6.45) is 3.35. The first-order chi connectivity index (χ1) is 16.0. The van der Waals surface area contributed by atoms with Crippen LogP contribution in [-0.4, -0.2) is 55.1 Å². The SMILES string of the molecule is CCOc1cc(/C=N\NC(=O)C(=O)Nc2ccc(F)cc2)ccc1OCC(=O)N1CCCC1. The van der Waals surface area contributed by atoms with Gasteiger partial charge < -0.3 is 19.7 Å². The van der Waals surface area contributed by atoms with E-state index in [9.17, 15) is 18.8 Å². The van der Waals surface area contributed by atoms with Crippen LogP contribution < -0.4 is 20.2 Å². The summed E-state index contributed by atoms with van der Waals surface area (Å²) in [6.45, 7) is 3.64. The topological polar surface area (TPSA) is 109 Å². The lowest BCUT2D eigenvalue weighted by molar-refractivity contribution is -0.136. The molecule has 0 bridgehead atoms. The number of hydrogen-bond acceptors (Lipinski definition) is 6. The lowest BCUT2D eigenvalue weighted by Crippen LogP contribution is -2.32. The smallest absolute Gasteiger partial charge is 0.329 e. The lowest BCUT2D eigenvalue weighted by Gasteiger charge is -2.17. The number of nitrogens with zero attached hydrogens (tertiary/aromatic N) is 2. The van der Waals surface area contributed by atoms with E-state index in [1.54, 1.807) is 23.1 Å². The molecule has 0 aliphatic carbocycles. The third kappa shape index (κ3) is 7.03. The van der Waals surface area contributed by atoms with Crippen molar-refractivity contribution < 1.29 is 28.2 Å². The molecule has 0 unspecified atom stereocenters. The molecule has 1 heterocycles. The van der Waals surface area contributed by atoms with Crippen molar-refractivity contribution >= 4 is 29.6 Å². The van der Waals surface area contributed by atoms with Crippen LogP contribution in [-0.2, 0) is 14.4 Å². The molecule has 1 aliphatic rings. The van der Waals surface area contributed by atoms with E-state index in [4.69, 9.17) is 9.47 Å².